The van der Waals surface area contributed by atoms with Crippen molar-refractivity contribution in [3.8, 4) is 0 Å². The van der Waals surface area contributed by atoms with Crippen LogP contribution in [-0.4, -0.2) is 28.2 Å². The van der Waals surface area contributed by atoms with Gasteiger partial charge in [-0.3, -0.25) is 9.89 Å². The topological polar surface area (TPSA) is 84.1 Å². The van der Waals surface area contributed by atoms with Crippen LogP contribution in [0.3, 0.4) is 0 Å². The molecule has 0 aromatic carbocycles. The van der Waals surface area contributed by atoms with Crippen molar-refractivity contribution in [2.24, 2.45) is 0 Å². The highest BCUT2D eigenvalue weighted by Crippen LogP contribution is 2.08. The number of nitrogens with one attached hydrogen (secondary N) is 2. The van der Waals surface area contributed by atoms with E-state index in [2.05, 4.69) is 15.5 Å². The van der Waals surface area contributed by atoms with Crippen molar-refractivity contribution in [2.75, 3.05) is 0 Å². The maximum absolute atomic E-state index is 11.9. The molecule has 0 fully saturated rings. The van der Waals surface area contributed by atoms with Gasteiger partial charge in [0.15, 0.2) is 11.8 Å². The standard InChI is InChI=1S/C15H19N3O3S/c1-3-5-11-8-13(18-17-11)15(20)21-10(2)14(19)16-9-12-6-4-7-22-12/h4,6-8,10H,3,5,9H2,1-2H3,(H,16,19)(H,17,18). The van der Waals surface area contributed by atoms with Gasteiger partial charge in [0.2, 0.25) is 0 Å². The maximum atomic E-state index is 11.9. The number of hydrogen-bond acceptors (Lipinski definition) is 5. The number of hydrogen-bond donors (Lipinski definition) is 2. The third kappa shape index (κ3) is 4.42. The van der Waals surface area contributed by atoms with Crippen molar-refractivity contribution >= 4 is 23.2 Å². The third-order valence-electron chi connectivity index (χ3n) is 3.03. The molecule has 2 rings (SSSR count). The molecule has 2 aromatic rings. The summed E-state index contributed by atoms with van der Waals surface area (Å²) in [5, 5.41) is 11.4. The Labute approximate surface area is 132 Å². The highest BCUT2D eigenvalue weighted by Gasteiger charge is 2.20. The first kappa shape index (κ1) is 16.2. The fourth-order valence-corrected chi connectivity index (χ4v) is 2.51. The average molecular weight is 321 g/mol. The molecule has 0 aliphatic heterocycles. The molecule has 0 spiro atoms. The zero-order chi connectivity index (χ0) is 15.9. The van der Waals surface area contributed by atoms with Crippen LogP contribution in [0.1, 0.15) is 41.3 Å². The number of H-pyrrole nitrogens is 1. The number of nitrogens with zero attached hydrogens (tertiary/aromatic N) is 1. The van der Waals surface area contributed by atoms with Crippen molar-refractivity contribution in [2.45, 2.75) is 39.3 Å². The van der Waals surface area contributed by atoms with E-state index < -0.39 is 12.1 Å². The molecule has 0 saturated carbocycles. The van der Waals surface area contributed by atoms with E-state index in [1.54, 1.807) is 24.3 Å². The molecular weight excluding hydrogens is 302 g/mol. The van der Waals surface area contributed by atoms with Crippen molar-refractivity contribution in [1.82, 2.24) is 15.5 Å². The average Bonchev–Trinajstić information content (AvgIpc) is 3.16. The number of rotatable bonds is 7. The number of thiophene rings is 1. The van der Waals surface area contributed by atoms with Gasteiger partial charge in [-0.1, -0.05) is 19.4 Å². The normalized spacial score (nSPS) is 11.9. The third-order valence-corrected chi connectivity index (χ3v) is 3.91. The molecule has 2 N–H and O–H groups in total. The number of aryl methyl sites for hydroxylation is 1. The Morgan fingerprint density at radius 1 is 1.50 bits per heavy atom. The van der Waals surface area contributed by atoms with Crippen LogP contribution in [-0.2, 0) is 22.5 Å². The highest BCUT2D eigenvalue weighted by molar-refractivity contribution is 7.09. The smallest absolute Gasteiger partial charge is 0.359 e. The maximum Gasteiger partial charge on any atom is 0.359 e. The predicted octanol–water partition coefficient (Wildman–Crippen LogP) is 2.29. The van der Waals surface area contributed by atoms with Crippen molar-refractivity contribution in [3.63, 3.8) is 0 Å². The Morgan fingerprint density at radius 3 is 3.00 bits per heavy atom. The van der Waals surface area contributed by atoms with E-state index in [-0.39, 0.29) is 11.6 Å². The second-order valence-electron chi connectivity index (χ2n) is 4.87. The minimum atomic E-state index is -0.862. The number of aromatic amines is 1. The molecule has 0 radical (unpaired) electrons. The first-order chi connectivity index (χ1) is 10.6. The second-order valence-corrected chi connectivity index (χ2v) is 5.91. The van der Waals surface area contributed by atoms with Crippen LogP contribution < -0.4 is 5.32 Å². The van der Waals surface area contributed by atoms with E-state index >= 15 is 0 Å². The Morgan fingerprint density at radius 2 is 2.32 bits per heavy atom. The van der Waals surface area contributed by atoms with Gasteiger partial charge in [0.1, 0.15) is 0 Å². The van der Waals surface area contributed by atoms with Crippen LogP contribution in [0.4, 0.5) is 0 Å². The Balaban J connectivity index is 1.82. The van der Waals surface area contributed by atoms with Crippen LogP contribution in [0.15, 0.2) is 23.6 Å². The molecule has 22 heavy (non-hydrogen) atoms. The molecule has 0 bridgehead atoms. The number of carbonyl (C=O) groups is 2. The summed E-state index contributed by atoms with van der Waals surface area (Å²) in [6, 6.07) is 5.50. The van der Waals surface area contributed by atoms with Gasteiger partial charge in [-0.15, -0.1) is 11.3 Å². The molecule has 6 nitrogen and oxygen atoms in total. The summed E-state index contributed by atoms with van der Waals surface area (Å²) in [7, 11) is 0. The number of amides is 1. The number of carbonyl (C=O) groups excluding carboxylic acids is 2. The van der Waals surface area contributed by atoms with Gasteiger partial charge in [-0.05, 0) is 30.9 Å². The first-order valence-electron chi connectivity index (χ1n) is 7.15. The number of ether oxygens (including phenoxy) is 1. The quantitative estimate of drug-likeness (QED) is 0.766. The van der Waals surface area contributed by atoms with E-state index in [0.29, 0.717) is 6.54 Å². The molecule has 2 aromatic heterocycles. The lowest BCUT2D eigenvalue weighted by Crippen LogP contribution is -2.35. The van der Waals surface area contributed by atoms with Crippen molar-refractivity contribution < 1.29 is 14.3 Å². The second kappa shape index (κ2) is 7.74. The largest absolute Gasteiger partial charge is 0.448 e. The summed E-state index contributed by atoms with van der Waals surface area (Å²) in [5.41, 5.74) is 1.07. The zero-order valence-corrected chi connectivity index (χ0v) is 13.4. The minimum Gasteiger partial charge on any atom is -0.448 e. The van der Waals surface area contributed by atoms with Gasteiger partial charge < -0.3 is 10.1 Å². The van der Waals surface area contributed by atoms with E-state index in [4.69, 9.17) is 4.74 Å². The van der Waals surface area contributed by atoms with Gasteiger partial charge in [-0.2, -0.15) is 5.10 Å². The van der Waals surface area contributed by atoms with E-state index in [0.717, 1.165) is 23.4 Å². The van der Waals surface area contributed by atoms with Gasteiger partial charge in [0.25, 0.3) is 5.91 Å². The van der Waals surface area contributed by atoms with E-state index in [1.807, 2.05) is 24.4 Å². The summed E-state index contributed by atoms with van der Waals surface area (Å²) in [6.07, 6.45) is 0.911. The monoisotopic (exact) mass is 321 g/mol. The lowest BCUT2D eigenvalue weighted by molar-refractivity contribution is -0.129. The molecule has 118 valence electrons. The van der Waals surface area contributed by atoms with Crippen LogP contribution in [0.2, 0.25) is 0 Å². The van der Waals surface area contributed by atoms with Crippen LogP contribution in [0.25, 0.3) is 0 Å². The number of esters is 1. The molecule has 0 saturated heterocycles. The van der Waals surface area contributed by atoms with Crippen LogP contribution in [0, 0.1) is 0 Å². The zero-order valence-electron chi connectivity index (χ0n) is 12.6. The number of aromatic nitrogens is 2. The van der Waals surface area contributed by atoms with E-state index in [1.165, 1.54) is 0 Å². The molecule has 1 unspecified atom stereocenters. The van der Waals surface area contributed by atoms with E-state index in [9.17, 15) is 9.59 Å². The Kier molecular flexibility index (Phi) is 5.71. The SMILES string of the molecule is CCCc1cc(C(=O)OC(C)C(=O)NCc2cccs2)n[nH]1. The van der Waals surface area contributed by atoms with Gasteiger partial charge in [-0.25, -0.2) is 4.79 Å². The molecule has 1 atom stereocenters. The highest BCUT2D eigenvalue weighted by atomic mass is 32.1. The molecule has 1 amide bonds. The Bertz CT molecular complexity index is 622. The molecule has 0 aliphatic carbocycles. The van der Waals surface area contributed by atoms with Crippen molar-refractivity contribution in [3.05, 3.63) is 39.8 Å². The summed E-state index contributed by atoms with van der Waals surface area (Å²) in [6.45, 7) is 4.02. The Hall–Kier alpha value is -2.15. The fraction of sp³-hybridized carbons (Fsp3) is 0.400. The summed E-state index contributed by atoms with van der Waals surface area (Å²) >= 11 is 1.56. The predicted molar refractivity (Wildman–Crippen MR) is 83.6 cm³/mol. The summed E-state index contributed by atoms with van der Waals surface area (Å²) in [5.74, 6) is -0.927. The lowest BCUT2D eigenvalue weighted by atomic mass is 10.2. The van der Waals surface area contributed by atoms with Gasteiger partial charge in [0, 0.05) is 10.6 Å². The molecule has 7 heteroatoms. The van der Waals surface area contributed by atoms with Gasteiger partial charge in [0.05, 0.1) is 6.54 Å². The first-order valence-corrected chi connectivity index (χ1v) is 8.03. The molecule has 2 heterocycles. The van der Waals surface area contributed by atoms with Crippen LogP contribution in [0.5, 0.6) is 0 Å². The van der Waals surface area contributed by atoms with Crippen LogP contribution >= 0.6 is 11.3 Å². The lowest BCUT2D eigenvalue weighted by Gasteiger charge is -2.12. The fourth-order valence-electron chi connectivity index (χ4n) is 1.87. The summed E-state index contributed by atoms with van der Waals surface area (Å²) < 4.78 is 5.13. The molecular formula is C15H19N3O3S. The van der Waals surface area contributed by atoms with Crippen molar-refractivity contribution in [1.29, 1.82) is 0 Å². The minimum absolute atomic E-state index is 0.196. The van der Waals surface area contributed by atoms with Gasteiger partial charge >= 0.3 is 5.97 Å². The molecule has 0 aliphatic rings. The summed E-state index contributed by atoms with van der Waals surface area (Å²) in [4.78, 5) is 24.9.